The summed E-state index contributed by atoms with van der Waals surface area (Å²) in [5.41, 5.74) is 2.12. The highest BCUT2D eigenvalue weighted by Crippen LogP contribution is 2.15. The van der Waals surface area contributed by atoms with E-state index >= 15 is 0 Å². The second-order valence-electron chi connectivity index (χ2n) is 4.78. The number of amides is 1. The molecule has 0 heterocycles. The fourth-order valence-corrected chi connectivity index (χ4v) is 1.41. The molecule has 18 heavy (non-hydrogen) atoms. The van der Waals surface area contributed by atoms with Crippen molar-refractivity contribution in [1.82, 2.24) is 0 Å². The van der Waals surface area contributed by atoms with Crippen molar-refractivity contribution in [3.8, 4) is 0 Å². The van der Waals surface area contributed by atoms with E-state index < -0.39 is 0 Å². The monoisotopic (exact) mass is 248 g/mol. The highest BCUT2D eigenvalue weighted by molar-refractivity contribution is 5.99. The van der Waals surface area contributed by atoms with Gasteiger partial charge in [0, 0.05) is 11.6 Å². The third-order valence-corrected chi connectivity index (χ3v) is 3.13. The molecule has 4 heteroatoms. The molecular weight excluding hydrogens is 228 g/mol. The van der Waals surface area contributed by atoms with Gasteiger partial charge in [0.25, 0.3) is 0 Å². The lowest BCUT2D eigenvalue weighted by atomic mass is 9.97. The molecule has 98 valence electrons. The van der Waals surface area contributed by atoms with Crippen LogP contribution in [0.25, 0.3) is 0 Å². The van der Waals surface area contributed by atoms with Crippen molar-refractivity contribution in [2.45, 2.75) is 27.7 Å². The average Bonchev–Trinajstić information content (AvgIpc) is 2.37. The Hall–Kier alpha value is -1.84. The Morgan fingerprint density at radius 1 is 1.22 bits per heavy atom. The number of hydrogen-bond donors (Lipinski definition) is 2. The van der Waals surface area contributed by atoms with Gasteiger partial charge in [-0.2, -0.15) is 0 Å². The number of nitrogens with one attached hydrogen (secondary N) is 1. The summed E-state index contributed by atoms with van der Waals surface area (Å²) in [6.07, 6.45) is 0. The first-order chi connectivity index (χ1) is 8.45. The maximum absolute atomic E-state index is 11.9. The van der Waals surface area contributed by atoms with E-state index in [4.69, 9.17) is 5.21 Å². The minimum atomic E-state index is -0.0228. The molecule has 1 rings (SSSR count). The van der Waals surface area contributed by atoms with Crippen LogP contribution >= 0.6 is 0 Å². The normalized spacial score (nSPS) is 13.5. The predicted molar refractivity (Wildman–Crippen MR) is 73.1 cm³/mol. The molecule has 1 unspecified atom stereocenters. The lowest BCUT2D eigenvalue weighted by Gasteiger charge is -2.15. The predicted octanol–water partition coefficient (Wildman–Crippen LogP) is 3.12. The van der Waals surface area contributed by atoms with E-state index in [0.29, 0.717) is 11.6 Å². The van der Waals surface area contributed by atoms with Gasteiger partial charge < -0.3 is 10.5 Å². The molecule has 0 aromatic heterocycles. The number of benzene rings is 1. The fraction of sp³-hybridized carbons (Fsp3) is 0.429. The second-order valence-corrected chi connectivity index (χ2v) is 4.78. The molecule has 0 radical (unpaired) electrons. The van der Waals surface area contributed by atoms with Crippen LogP contribution < -0.4 is 5.32 Å². The van der Waals surface area contributed by atoms with Crippen LogP contribution in [0.5, 0.6) is 0 Å². The van der Waals surface area contributed by atoms with E-state index in [9.17, 15) is 4.79 Å². The summed E-state index contributed by atoms with van der Waals surface area (Å²) in [5, 5.41) is 14.7. The van der Waals surface area contributed by atoms with E-state index in [1.807, 2.05) is 32.9 Å². The molecule has 0 saturated carbocycles. The maximum atomic E-state index is 11.9. The Balaban J connectivity index is 2.73. The lowest BCUT2D eigenvalue weighted by molar-refractivity contribution is -0.120. The summed E-state index contributed by atoms with van der Waals surface area (Å²) >= 11 is 0. The largest absolute Gasteiger partial charge is 0.411 e. The molecule has 0 spiro atoms. The third kappa shape index (κ3) is 3.58. The summed E-state index contributed by atoms with van der Waals surface area (Å²) in [6, 6.07) is 7.22. The van der Waals surface area contributed by atoms with Gasteiger partial charge in [-0.25, -0.2) is 0 Å². The van der Waals surface area contributed by atoms with Gasteiger partial charge in [-0.05, 0) is 30.5 Å². The Bertz CT molecular complexity index is 436. The van der Waals surface area contributed by atoms with Crippen LogP contribution in [0.15, 0.2) is 29.4 Å². The molecule has 0 aliphatic heterocycles. The fourth-order valence-electron chi connectivity index (χ4n) is 1.41. The third-order valence-electron chi connectivity index (χ3n) is 3.13. The Morgan fingerprint density at radius 2 is 1.78 bits per heavy atom. The number of carbonyl (C=O) groups excluding carboxylic acids is 1. The van der Waals surface area contributed by atoms with Crippen molar-refractivity contribution >= 4 is 17.3 Å². The average molecular weight is 248 g/mol. The first kappa shape index (κ1) is 14.2. The molecule has 0 saturated heterocycles. The highest BCUT2D eigenvalue weighted by Gasteiger charge is 2.16. The number of hydrogen-bond acceptors (Lipinski definition) is 3. The van der Waals surface area contributed by atoms with Crippen molar-refractivity contribution in [2.24, 2.45) is 17.0 Å². The van der Waals surface area contributed by atoms with Crippen molar-refractivity contribution in [2.75, 3.05) is 5.32 Å². The Kier molecular flexibility index (Phi) is 4.89. The summed E-state index contributed by atoms with van der Waals surface area (Å²) in [4.78, 5) is 11.9. The van der Waals surface area contributed by atoms with E-state index in [2.05, 4.69) is 10.5 Å². The van der Waals surface area contributed by atoms with Crippen LogP contribution in [0.4, 0.5) is 5.69 Å². The van der Waals surface area contributed by atoms with E-state index in [0.717, 1.165) is 11.3 Å². The lowest BCUT2D eigenvalue weighted by Crippen LogP contribution is -2.24. The molecule has 1 aromatic rings. The molecule has 0 fully saturated rings. The van der Waals surface area contributed by atoms with Crippen molar-refractivity contribution in [1.29, 1.82) is 0 Å². The minimum Gasteiger partial charge on any atom is -0.411 e. The van der Waals surface area contributed by atoms with Crippen LogP contribution in [-0.4, -0.2) is 16.8 Å². The van der Waals surface area contributed by atoms with Crippen LogP contribution in [0.1, 0.15) is 33.3 Å². The van der Waals surface area contributed by atoms with Gasteiger partial charge in [0.1, 0.15) is 0 Å². The van der Waals surface area contributed by atoms with Gasteiger partial charge in [-0.15, -0.1) is 0 Å². The molecule has 4 nitrogen and oxygen atoms in total. The van der Waals surface area contributed by atoms with E-state index in [-0.39, 0.29) is 11.8 Å². The molecule has 1 aromatic carbocycles. The summed E-state index contributed by atoms with van der Waals surface area (Å²) in [5.74, 6) is 0.309. The van der Waals surface area contributed by atoms with Gasteiger partial charge in [-0.1, -0.05) is 38.1 Å². The number of anilines is 1. The van der Waals surface area contributed by atoms with Gasteiger partial charge in [0.2, 0.25) is 5.91 Å². The SMILES string of the molecule is CC(=NO)c1ccc(NC(=O)C(C)C(C)C)cc1. The first-order valence-corrected chi connectivity index (χ1v) is 6.05. The number of carbonyl (C=O) groups is 1. The molecule has 1 amide bonds. The molecule has 0 aliphatic carbocycles. The summed E-state index contributed by atoms with van der Waals surface area (Å²) in [6.45, 7) is 7.67. The maximum Gasteiger partial charge on any atom is 0.227 e. The first-order valence-electron chi connectivity index (χ1n) is 6.05. The zero-order chi connectivity index (χ0) is 13.7. The zero-order valence-corrected chi connectivity index (χ0v) is 11.3. The van der Waals surface area contributed by atoms with Crippen molar-refractivity contribution in [3.63, 3.8) is 0 Å². The number of rotatable bonds is 4. The van der Waals surface area contributed by atoms with Gasteiger partial charge in [0.15, 0.2) is 0 Å². The van der Waals surface area contributed by atoms with Gasteiger partial charge >= 0.3 is 0 Å². The Morgan fingerprint density at radius 3 is 2.22 bits per heavy atom. The molecule has 1 atom stereocenters. The Labute approximate surface area is 108 Å². The van der Waals surface area contributed by atoms with Gasteiger partial charge in [0.05, 0.1) is 5.71 Å². The molecular formula is C14H20N2O2. The standard InChI is InChI=1S/C14H20N2O2/c1-9(2)10(3)14(17)15-13-7-5-12(6-8-13)11(4)16-18/h5-10,18H,1-4H3,(H,15,17). The molecule has 2 N–H and O–H groups in total. The summed E-state index contributed by atoms with van der Waals surface area (Å²) in [7, 11) is 0. The van der Waals surface area contributed by atoms with E-state index in [1.165, 1.54) is 0 Å². The molecule has 0 aliphatic rings. The van der Waals surface area contributed by atoms with Crippen LogP contribution in [0.2, 0.25) is 0 Å². The van der Waals surface area contributed by atoms with Crippen LogP contribution in [0.3, 0.4) is 0 Å². The molecule has 0 bridgehead atoms. The smallest absolute Gasteiger partial charge is 0.227 e. The van der Waals surface area contributed by atoms with Crippen molar-refractivity contribution in [3.05, 3.63) is 29.8 Å². The topological polar surface area (TPSA) is 61.7 Å². The van der Waals surface area contributed by atoms with Crippen LogP contribution in [0, 0.1) is 11.8 Å². The van der Waals surface area contributed by atoms with Crippen LogP contribution in [-0.2, 0) is 4.79 Å². The minimum absolute atomic E-state index is 0.0188. The number of nitrogens with zero attached hydrogens (tertiary/aromatic N) is 1. The zero-order valence-electron chi connectivity index (χ0n) is 11.3. The summed E-state index contributed by atoms with van der Waals surface area (Å²) < 4.78 is 0. The number of oxime groups is 1. The van der Waals surface area contributed by atoms with Gasteiger partial charge in [-0.3, -0.25) is 4.79 Å². The highest BCUT2D eigenvalue weighted by atomic mass is 16.4. The van der Waals surface area contributed by atoms with Crippen molar-refractivity contribution < 1.29 is 10.0 Å². The quantitative estimate of drug-likeness (QED) is 0.488. The van der Waals surface area contributed by atoms with E-state index in [1.54, 1.807) is 19.1 Å². The second kappa shape index (κ2) is 6.19.